The first-order valence-corrected chi connectivity index (χ1v) is 11.1. The van der Waals surface area contributed by atoms with Gasteiger partial charge in [-0.25, -0.2) is 4.79 Å². The molecule has 2 aliphatic carbocycles. The van der Waals surface area contributed by atoms with Gasteiger partial charge in [0.25, 0.3) is 5.91 Å². The molecule has 174 valence electrons. The van der Waals surface area contributed by atoms with Crippen molar-refractivity contribution in [2.45, 2.75) is 13.3 Å². The number of anilines is 2. The van der Waals surface area contributed by atoms with Crippen molar-refractivity contribution in [3.05, 3.63) is 65.7 Å². The average Bonchev–Trinajstić information content (AvgIpc) is 3.48. The molecule has 3 amide bonds. The number of imide groups is 1. The minimum atomic E-state index is -0.685. The summed E-state index contributed by atoms with van der Waals surface area (Å²) >= 11 is 0. The van der Waals surface area contributed by atoms with Crippen molar-refractivity contribution < 1.29 is 28.7 Å². The van der Waals surface area contributed by atoms with Crippen LogP contribution < -0.4 is 15.0 Å². The van der Waals surface area contributed by atoms with Gasteiger partial charge in [0.1, 0.15) is 5.75 Å². The van der Waals surface area contributed by atoms with Crippen LogP contribution in [0.5, 0.6) is 5.75 Å². The Hall–Kier alpha value is -3.94. The number of amides is 3. The molecule has 2 fully saturated rings. The number of nitrogens with zero attached hydrogens (tertiary/aromatic N) is 1. The highest BCUT2D eigenvalue weighted by molar-refractivity contribution is 6.23. The molecule has 0 spiro atoms. The molecule has 1 heterocycles. The lowest BCUT2D eigenvalue weighted by atomic mass is 9.82. The van der Waals surface area contributed by atoms with Gasteiger partial charge in [0.2, 0.25) is 11.8 Å². The van der Waals surface area contributed by atoms with Crippen LogP contribution in [0.4, 0.5) is 11.4 Å². The number of benzene rings is 2. The number of para-hydroxylation sites is 2. The molecule has 8 heteroatoms. The Morgan fingerprint density at radius 2 is 1.74 bits per heavy atom. The quantitative estimate of drug-likeness (QED) is 0.404. The molecule has 4 atom stereocenters. The van der Waals surface area contributed by atoms with Crippen molar-refractivity contribution >= 4 is 35.1 Å². The summed E-state index contributed by atoms with van der Waals surface area (Å²) in [5.74, 6) is -1.33. The van der Waals surface area contributed by atoms with Crippen molar-refractivity contribution in [2.75, 3.05) is 23.9 Å². The van der Waals surface area contributed by atoms with Crippen LogP contribution in [0.3, 0.4) is 0 Å². The van der Waals surface area contributed by atoms with Crippen LogP contribution in [0.15, 0.2) is 60.2 Å². The predicted octanol–water partition coefficient (Wildman–Crippen LogP) is 3.19. The number of ether oxygens (including phenoxy) is 2. The highest BCUT2D eigenvalue weighted by Crippen LogP contribution is 2.55. The minimum Gasteiger partial charge on any atom is -0.495 e. The van der Waals surface area contributed by atoms with Gasteiger partial charge in [-0.3, -0.25) is 19.3 Å². The molecular formula is C26H24N2O6. The summed E-state index contributed by atoms with van der Waals surface area (Å²) in [6.07, 6.45) is 3.01. The van der Waals surface area contributed by atoms with Gasteiger partial charge < -0.3 is 14.8 Å². The molecule has 34 heavy (non-hydrogen) atoms. The average molecular weight is 460 g/mol. The van der Waals surface area contributed by atoms with Gasteiger partial charge in [-0.15, -0.1) is 0 Å². The van der Waals surface area contributed by atoms with Crippen LogP contribution in [-0.4, -0.2) is 37.4 Å². The molecular weight excluding hydrogens is 436 g/mol. The number of carbonyl (C=O) groups is 4. The SMILES string of the molecule is COc1ccccc1NC(=O)COC(=O)c1ccc(N2C(=O)[C@@H]3[C@H](C2=O)[C@H]2C=C(C)[C@H]3C2)cc1. The highest BCUT2D eigenvalue weighted by Gasteiger charge is 2.60. The molecule has 0 radical (unpaired) electrons. The van der Waals surface area contributed by atoms with Gasteiger partial charge in [-0.1, -0.05) is 23.8 Å². The van der Waals surface area contributed by atoms with E-state index in [2.05, 4.69) is 11.4 Å². The van der Waals surface area contributed by atoms with Crippen molar-refractivity contribution in [1.82, 2.24) is 0 Å². The van der Waals surface area contributed by atoms with Crippen LogP contribution in [0, 0.1) is 23.7 Å². The number of carbonyl (C=O) groups excluding carboxylic acids is 4. The van der Waals surface area contributed by atoms with Gasteiger partial charge in [0, 0.05) is 0 Å². The molecule has 8 nitrogen and oxygen atoms in total. The van der Waals surface area contributed by atoms with E-state index in [0.29, 0.717) is 17.1 Å². The van der Waals surface area contributed by atoms with Crippen molar-refractivity contribution in [3.63, 3.8) is 0 Å². The Bertz CT molecular complexity index is 1220. The first-order chi connectivity index (χ1) is 16.4. The van der Waals surface area contributed by atoms with Crippen molar-refractivity contribution in [2.24, 2.45) is 23.7 Å². The van der Waals surface area contributed by atoms with E-state index < -0.39 is 18.5 Å². The number of allylic oxidation sites excluding steroid dienone is 2. The zero-order chi connectivity index (χ0) is 24.0. The van der Waals surface area contributed by atoms with Gasteiger partial charge in [0.15, 0.2) is 6.61 Å². The van der Waals surface area contributed by atoms with Crippen LogP contribution in [0.2, 0.25) is 0 Å². The maximum atomic E-state index is 13.1. The summed E-state index contributed by atoms with van der Waals surface area (Å²) in [5, 5.41) is 2.63. The van der Waals surface area contributed by atoms with E-state index >= 15 is 0 Å². The van der Waals surface area contributed by atoms with Crippen LogP contribution in [-0.2, 0) is 19.1 Å². The smallest absolute Gasteiger partial charge is 0.338 e. The summed E-state index contributed by atoms with van der Waals surface area (Å²) in [7, 11) is 1.49. The van der Waals surface area contributed by atoms with Gasteiger partial charge in [-0.05, 0) is 61.6 Å². The van der Waals surface area contributed by atoms with E-state index in [-0.39, 0.29) is 41.0 Å². The second-order valence-electron chi connectivity index (χ2n) is 8.85. The Kier molecular flexibility index (Phi) is 5.43. The van der Waals surface area contributed by atoms with Gasteiger partial charge in [-0.2, -0.15) is 0 Å². The lowest BCUT2D eigenvalue weighted by Crippen LogP contribution is -2.33. The Balaban J connectivity index is 1.21. The molecule has 3 aliphatic rings. The van der Waals surface area contributed by atoms with Crippen LogP contribution in [0.1, 0.15) is 23.7 Å². The van der Waals surface area contributed by atoms with E-state index in [0.717, 1.165) is 6.42 Å². The summed E-state index contributed by atoms with van der Waals surface area (Å²) in [4.78, 5) is 51.9. The molecule has 2 aromatic carbocycles. The lowest BCUT2D eigenvalue weighted by molar-refractivity contribution is -0.123. The van der Waals surface area contributed by atoms with Crippen LogP contribution in [0.25, 0.3) is 0 Å². The molecule has 0 unspecified atom stereocenters. The lowest BCUT2D eigenvalue weighted by Gasteiger charge is -2.19. The fraction of sp³-hybridized carbons (Fsp3) is 0.308. The Morgan fingerprint density at radius 1 is 1.03 bits per heavy atom. The number of nitrogens with one attached hydrogen (secondary N) is 1. The molecule has 1 saturated heterocycles. The van der Waals surface area contributed by atoms with E-state index in [9.17, 15) is 19.2 Å². The molecule has 1 aliphatic heterocycles. The number of hydrogen-bond acceptors (Lipinski definition) is 6. The number of esters is 1. The van der Waals surface area contributed by atoms with Crippen molar-refractivity contribution in [3.8, 4) is 5.75 Å². The monoisotopic (exact) mass is 460 g/mol. The molecule has 1 N–H and O–H groups in total. The second kappa shape index (κ2) is 8.44. The summed E-state index contributed by atoms with van der Waals surface area (Å²) in [6, 6.07) is 13.0. The Morgan fingerprint density at radius 3 is 2.47 bits per heavy atom. The topological polar surface area (TPSA) is 102 Å². The Labute approximate surface area is 196 Å². The normalized spacial score (nSPS) is 24.6. The third-order valence-corrected chi connectivity index (χ3v) is 6.96. The maximum Gasteiger partial charge on any atom is 0.338 e. The summed E-state index contributed by atoms with van der Waals surface area (Å²) in [6.45, 7) is 1.55. The van der Waals surface area contributed by atoms with Crippen LogP contribution >= 0.6 is 0 Å². The van der Waals surface area contributed by atoms with Gasteiger partial charge >= 0.3 is 5.97 Å². The summed E-state index contributed by atoms with van der Waals surface area (Å²) in [5.41, 5.74) is 2.32. The van der Waals surface area contributed by atoms with E-state index in [1.54, 1.807) is 36.4 Å². The molecule has 0 aromatic heterocycles. The fourth-order valence-electron chi connectivity index (χ4n) is 5.42. The molecule has 1 saturated carbocycles. The number of hydrogen-bond donors (Lipinski definition) is 1. The van der Waals surface area contributed by atoms with E-state index in [1.807, 2.05) is 6.92 Å². The van der Waals surface area contributed by atoms with Crippen molar-refractivity contribution in [1.29, 1.82) is 0 Å². The molecule has 2 aromatic rings. The van der Waals surface area contributed by atoms with Gasteiger partial charge in [0.05, 0.1) is 35.9 Å². The zero-order valence-corrected chi connectivity index (χ0v) is 18.8. The number of fused-ring (bicyclic) bond motifs is 5. The largest absolute Gasteiger partial charge is 0.495 e. The number of rotatable bonds is 6. The number of methoxy groups -OCH3 is 1. The second-order valence-corrected chi connectivity index (χ2v) is 8.85. The summed E-state index contributed by atoms with van der Waals surface area (Å²) < 4.78 is 10.3. The van der Waals surface area contributed by atoms with E-state index in [1.165, 1.54) is 29.7 Å². The first kappa shape index (κ1) is 21.9. The highest BCUT2D eigenvalue weighted by atomic mass is 16.5. The fourth-order valence-corrected chi connectivity index (χ4v) is 5.42. The predicted molar refractivity (Wildman–Crippen MR) is 123 cm³/mol. The molecule has 5 rings (SSSR count). The van der Waals surface area contributed by atoms with E-state index in [4.69, 9.17) is 9.47 Å². The molecule has 2 bridgehead atoms. The minimum absolute atomic E-state index is 0.132. The maximum absolute atomic E-state index is 13.1. The standard InChI is InChI=1S/C26H24N2O6/c1-14-11-16-12-18(14)23-22(16)24(30)28(25(23)31)17-9-7-15(8-10-17)26(32)34-13-21(29)27-19-5-3-4-6-20(19)33-2/h3-11,16,18,22-23H,12-13H2,1-2H3,(H,27,29)/t16-,18+,22+,23-/m0/s1. The first-order valence-electron chi connectivity index (χ1n) is 11.1. The zero-order valence-electron chi connectivity index (χ0n) is 18.8. The third-order valence-electron chi connectivity index (χ3n) is 6.96. The third kappa shape index (κ3) is 3.55.